The number of amides is 4. The molecular weight excluding hydrogens is 522 g/mol. The number of carbonyl (C=O) groups excluding carboxylic acids is 5. The number of imide groups is 1. The van der Waals surface area contributed by atoms with Crippen LogP contribution in [0.3, 0.4) is 0 Å². The van der Waals surface area contributed by atoms with Crippen molar-refractivity contribution in [3.05, 3.63) is 36.4 Å². The minimum Gasteiger partial charge on any atom is -0.343 e. The molecule has 4 rings (SSSR count). The van der Waals surface area contributed by atoms with Crippen LogP contribution in [0.4, 0.5) is 0 Å². The number of hydroxylamine groups is 2. The lowest BCUT2D eigenvalue weighted by Gasteiger charge is -2.32. The molecule has 0 aromatic carbocycles. The van der Waals surface area contributed by atoms with Gasteiger partial charge in [0.15, 0.2) is 0 Å². The molecule has 2 aromatic heterocycles. The second-order valence-electron chi connectivity index (χ2n) is 10.2. The number of hydrogen-bond donors (Lipinski definition) is 2. The Morgan fingerprint density at radius 3 is 1.93 bits per heavy atom. The van der Waals surface area contributed by atoms with Gasteiger partial charge in [-0.15, -0.1) is 5.06 Å². The summed E-state index contributed by atoms with van der Waals surface area (Å²) in [4.78, 5) is 81.4. The van der Waals surface area contributed by atoms with Gasteiger partial charge in [-0.2, -0.15) is 0 Å². The SMILES string of the molecule is CN1CCN(CC(=O)N[C@@H](Cc2cn(C)cn2)C(=O)N[C@@H](Cc2cn(C)cn2)C(=O)ON2C(=O)CCC2=O)CC1. The molecule has 0 saturated carbocycles. The highest BCUT2D eigenvalue weighted by atomic mass is 16.7. The summed E-state index contributed by atoms with van der Waals surface area (Å²) in [6, 6.07) is -2.34. The Morgan fingerprint density at radius 1 is 0.850 bits per heavy atom. The van der Waals surface area contributed by atoms with Gasteiger partial charge in [-0.25, -0.2) is 14.8 Å². The predicted octanol–water partition coefficient (Wildman–Crippen LogP) is -2.24. The van der Waals surface area contributed by atoms with Crippen molar-refractivity contribution < 1.29 is 28.8 Å². The van der Waals surface area contributed by atoms with Gasteiger partial charge in [-0.1, -0.05) is 0 Å². The van der Waals surface area contributed by atoms with Crippen LogP contribution < -0.4 is 10.6 Å². The van der Waals surface area contributed by atoms with Crippen LogP contribution in [0.25, 0.3) is 0 Å². The zero-order valence-electron chi connectivity index (χ0n) is 22.9. The van der Waals surface area contributed by atoms with Crippen LogP contribution in [-0.2, 0) is 55.7 Å². The Balaban J connectivity index is 1.48. The summed E-state index contributed by atoms with van der Waals surface area (Å²) >= 11 is 0. The second kappa shape index (κ2) is 12.8. The van der Waals surface area contributed by atoms with E-state index < -0.39 is 35.8 Å². The molecular formula is C25H35N9O6. The molecule has 15 heteroatoms. The molecule has 0 radical (unpaired) electrons. The molecule has 0 spiro atoms. The molecule has 0 bridgehead atoms. The highest BCUT2D eigenvalue weighted by Crippen LogP contribution is 2.14. The fraction of sp³-hybridized carbons (Fsp3) is 0.560. The van der Waals surface area contributed by atoms with Gasteiger partial charge in [-0.05, 0) is 7.05 Å². The van der Waals surface area contributed by atoms with Gasteiger partial charge in [0.2, 0.25) is 11.8 Å². The first-order valence-electron chi connectivity index (χ1n) is 13.1. The molecule has 0 unspecified atom stereocenters. The molecule has 40 heavy (non-hydrogen) atoms. The zero-order chi connectivity index (χ0) is 28.8. The van der Waals surface area contributed by atoms with Gasteiger partial charge < -0.3 is 29.5 Å². The van der Waals surface area contributed by atoms with E-state index in [1.165, 1.54) is 6.33 Å². The van der Waals surface area contributed by atoms with E-state index in [1.54, 1.807) is 42.0 Å². The quantitative estimate of drug-likeness (QED) is 0.289. The van der Waals surface area contributed by atoms with E-state index >= 15 is 0 Å². The number of carbonyl (C=O) groups is 5. The topological polar surface area (TPSA) is 164 Å². The maximum atomic E-state index is 13.5. The van der Waals surface area contributed by atoms with Crippen molar-refractivity contribution in [3.63, 3.8) is 0 Å². The molecule has 2 aliphatic rings. The molecule has 2 aliphatic heterocycles. The Morgan fingerprint density at radius 2 is 1.40 bits per heavy atom. The minimum atomic E-state index is -1.29. The average molecular weight is 558 g/mol. The van der Waals surface area contributed by atoms with Crippen molar-refractivity contribution >= 4 is 29.6 Å². The molecule has 4 amide bonds. The van der Waals surface area contributed by atoms with E-state index in [4.69, 9.17) is 4.84 Å². The van der Waals surface area contributed by atoms with Crippen LogP contribution in [0.2, 0.25) is 0 Å². The second-order valence-corrected chi connectivity index (χ2v) is 10.2. The standard InChI is InChI=1S/C25H35N9O6/c1-30-6-8-33(9-7-30)14-21(35)28-19(10-17-12-31(2)15-26-17)24(38)29-20(11-18-13-32(3)16-27-18)25(39)40-34-22(36)4-5-23(34)37/h12-13,15-16,19-20H,4-11,14H2,1-3H3,(H,28,35)(H,29,38)/t19-,20-/m0/s1. The first kappa shape index (κ1) is 28.9. The lowest BCUT2D eigenvalue weighted by Crippen LogP contribution is -2.56. The largest absolute Gasteiger partial charge is 0.355 e. The maximum absolute atomic E-state index is 13.5. The summed E-state index contributed by atoms with van der Waals surface area (Å²) < 4.78 is 3.40. The highest BCUT2D eigenvalue weighted by Gasteiger charge is 2.36. The number of rotatable bonds is 11. The third-order valence-electron chi connectivity index (χ3n) is 6.75. The highest BCUT2D eigenvalue weighted by molar-refractivity contribution is 6.02. The summed E-state index contributed by atoms with van der Waals surface area (Å²) in [6.45, 7) is 3.26. The van der Waals surface area contributed by atoms with Crippen molar-refractivity contribution in [2.45, 2.75) is 37.8 Å². The molecule has 0 aliphatic carbocycles. The molecule has 2 aromatic rings. The third-order valence-corrected chi connectivity index (χ3v) is 6.75. The van der Waals surface area contributed by atoms with Crippen LogP contribution in [-0.4, -0.2) is 115 Å². The first-order valence-corrected chi connectivity index (χ1v) is 13.1. The van der Waals surface area contributed by atoms with Crippen LogP contribution in [0, 0.1) is 0 Å². The average Bonchev–Trinajstić information content (AvgIpc) is 3.60. The Bertz CT molecular complexity index is 1230. The van der Waals surface area contributed by atoms with Crippen molar-refractivity contribution in [1.82, 2.24) is 44.6 Å². The molecule has 2 N–H and O–H groups in total. The van der Waals surface area contributed by atoms with E-state index in [2.05, 4.69) is 25.5 Å². The number of piperazine rings is 1. The fourth-order valence-electron chi connectivity index (χ4n) is 4.50. The van der Waals surface area contributed by atoms with Crippen LogP contribution in [0.1, 0.15) is 24.2 Å². The number of aromatic nitrogens is 4. The molecule has 216 valence electrons. The Labute approximate surface area is 231 Å². The van der Waals surface area contributed by atoms with E-state index in [0.717, 1.165) is 26.2 Å². The van der Waals surface area contributed by atoms with Gasteiger partial charge in [-0.3, -0.25) is 24.1 Å². The van der Waals surface area contributed by atoms with Gasteiger partial charge in [0.1, 0.15) is 12.1 Å². The number of nitrogens with zero attached hydrogens (tertiary/aromatic N) is 7. The fourth-order valence-corrected chi connectivity index (χ4v) is 4.50. The number of imidazole rings is 2. The number of nitrogens with one attached hydrogen (secondary N) is 2. The van der Waals surface area contributed by atoms with Gasteiger partial charge >= 0.3 is 5.97 Å². The molecule has 2 saturated heterocycles. The third kappa shape index (κ3) is 7.72. The Kier molecular flexibility index (Phi) is 9.26. The summed E-state index contributed by atoms with van der Waals surface area (Å²) in [7, 11) is 5.56. The summed E-state index contributed by atoms with van der Waals surface area (Å²) in [5.74, 6) is -3.24. The molecule has 15 nitrogen and oxygen atoms in total. The predicted molar refractivity (Wildman–Crippen MR) is 139 cm³/mol. The summed E-state index contributed by atoms with van der Waals surface area (Å²) in [5.41, 5.74) is 1.05. The van der Waals surface area contributed by atoms with Crippen molar-refractivity contribution in [2.75, 3.05) is 39.8 Å². The van der Waals surface area contributed by atoms with Gasteiger partial charge in [0.05, 0.1) is 30.6 Å². The van der Waals surface area contributed by atoms with Crippen molar-refractivity contribution in [3.8, 4) is 0 Å². The van der Waals surface area contributed by atoms with Crippen molar-refractivity contribution in [2.24, 2.45) is 14.1 Å². The lowest BCUT2D eigenvalue weighted by molar-refractivity contribution is -0.199. The normalized spacial score (nSPS) is 18.0. The van der Waals surface area contributed by atoms with Gasteiger partial charge in [0.25, 0.3) is 11.8 Å². The molecule has 2 atom stereocenters. The van der Waals surface area contributed by atoms with E-state index in [0.29, 0.717) is 16.5 Å². The molecule has 2 fully saturated rings. The van der Waals surface area contributed by atoms with Crippen LogP contribution in [0.5, 0.6) is 0 Å². The van der Waals surface area contributed by atoms with Gasteiger partial charge in [0, 0.05) is 78.4 Å². The van der Waals surface area contributed by atoms with Crippen LogP contribution in [0.15, 0.2) is 25.0 Å². The monoisotopic (exact) mass is 557 g/mol. The lowest BCUT2D eigenvalue weighted by atomic mass is 10.1. The molecule has 4 heterocycles. The van der Waals surface area contributed by atoms with E-state index in [1.807, 2.05) is 11.9 Å². The van der Waals surface area contributed by atoms with E-state index in [9.17, 15) is 24.0 Å². The first-order chi connectivity index (χ1) is 19.1. The van der Waals surface area contributed by atoms with E-state index in [-0.39, 0.29) is 38.1 Å². The number of hydrogen-bond acceptors (Lipinski definition) is 10. The smallest absolute Gasteiger partial charge is 0.343 e. The van der Waals surface area contributed by atoms with Crippen molar-refractivity contribution in [1.29, 1.82) is 0 Å². The summed E-state index contributed by atoms with van der Waals surface area (Å²) in [5, 5.41) is 5.86. The maximum Gasteiger partial charge on any atom is 0.355 e. The minimum absolute atomic E-state index is 0.0606. The number of likely N-dealkylation sites (N-methyl/N-ethyl adjacent to an activating group) is 1. The summed E-state index contributed by atoms with van der Waals surface area (Å²) in [6.07, 6.45) is 6.42. The Hall–Kier alpha value is -4.11. The zero-order valence-corrected chi connectivity index (χ0v) is 22.9. The number of aryl methyl sites for hydroxylation is 2. The van der Waals surface area contributed by atoms with Crippen LogP contribution >= 0.6 is 0 Å².